The van der Waals surface area contributed by atoms with Crippen LogP contribution in [0.3, 0.4) is 0 Å². The summed E-state index contributed by atoms with van der Waals surface area (Å²) in [5.74, 6) is -3.66. The van der Waals surface area contributed by atoms with Crippen molar-refractivity contribution >= 4 is 95.5 Å². The van der Waals surface area contributed by atoms with E-state index in [1.807, 2.05) is 0 Å². The van der Waals surface area contributed by atoms with Crippen molar-refractivity contribution in [2.45, 2.75) is 14.7 Å². The van der Waals surface area contributed by atoms with Crippen LogP contribution in [0.2, 0.25) is 0 Å². The standard InChI is InChI=1S/C31H21F3N14O11S3/c32-22-11-23(40-28(33)39-22)37-14-4-6-20(61(52,53)54)17(9-14)45-46-18-10-21(62(55,56)57)25(36)26(24(18)35)47-44-16-8-15(3-5-19(16)60-59-58-51)38-30-41-29(34)42-31(43-30)48-7-1-2-13(12-48)27(49)50/h1-12H,(H9-,35,36,37,38,39,40,41,42,43,44,45,49,50,51,52,53,54,55,56,57)/p+1. The van der Waals surface area contributed by atoms with Gasteiger partial charge in [0.2, 0.25) is 5.95 Å². The van der Waals surface area contributed by atoms with Gasteiger partial charge < -0.3 is 27.2 Å². The number of nitrogens with zero attached hydrogens (tertiary/aromatic N) is 10. The fraction of sp³-hybridized carbons (Fsp3) is 0. The number of pyridine rings is 1. The van der Waals surface area contributed by atoms with Gasteiger partial charge in [-0.2, -0.15) is 35.6 Å². The largest absolute Gasteiger partial charge is 0.478 e. The van der Waals surface area contributed by atoms with Crippen molar-refractivity contribution < 1.29 is 68.2 Å². The van der Waals surface area contributed by atoms with Crippen LogP contribution in [-0.2, 0) is 29.6 Å². The Balaban J connectivity index is 1.39. The SMILES string of the molecule is Nc1c(N=Nc2cc(Nc3cc(F)nc(F)n3)ccc2S(=O)(=O)O)cc(S(=O)(=O)O)c(N)c1N=Nc1cc(Nc2nc(F)nc(-[n+]3cccc(C(=O)O)c3)n2)ccc1SOOO. The van der Waals surface area contributed by atoms with E-state index in [1.54, 1.807) is 0 Å². The summed E-state index contributed by atoms with van der Waals surface area (Å²) in [6, 6.07) is 10.7. The lowest BCUT2D eigenvalue weighted by atomic mass is 10.2. The number of carboxylic acid groups (broad SMARTS) is 1. The number of carboxylic acids is 1. The molecule has 0 radical (unpaired) electrons. The van der Waals surface area contributed by atoms with E-state index in [0.29, 0.717) is 24.2 Å². The smallest absolute Gasteiger partial charge is 0.445 e. The highest BCUT2D eigenvalue weighted by Gasteiger charge is 2.24. The number of azo groups is 2. The molecule has 0 amide bonds. The summed E-state index contributed by atoms with van der Waals surface area (Å²) in [7, 11) is -10.2. The fourth-order valence-electron chi connectivity index (χ4n) is 4.93. The molecule has 0 aliphatic heterocycles. The Morgan fingerprint density at radius 2 is 1.42 bits per heavy atom. The Labute approximate surface area is 347 Å². The van der Waals surface area contributed by atoms with E-state index in [0.717, 1.165) is 29.0 Å². The summed E-state index contributed by atoms with van der Waals surface area (Å²) >= 11 is 0.377. The topological polar surface area (TPSA) is 379 Å². The summed E-state index contributed by atoms with van der Waals surface area (Å²) in [5, 5.41) is 42.4. The molecule has 0 saturated heterocycles. The molecular weight excluding hydrogens is 898 g/mol. The summed E-state index contributed by atoms with van der Waals surface area (Å²) in [6.07, 6.45) is -0.232. The molecule has 25 nitrogen and oxygen atoms in total. The summed E-state index contributed by atoms with van der Waals surface area (Å²) in [4.78, 5) is 27.0. The highest BCUT2D eigenvalue weighted by Crippen LogP contribution is 2.44. The second-order valence-corrected chi connectivity index (χ2v) is 15.2. The number of carbonyl (C=O) groups is 1. The summed E-state index contributed by atoms with van der Waals surface area (Å²) in [6.45, 7) is 0. The van der Waals surface area contributed by atoms with Crippen molar-refractivity contribution in [1.29, 1.82) is 0 Å². The first-order chi connectivity index (χ1) is 29.3. The van der Waals surface area contributed by atoms with Crippen LogP contribution in [0.1, 0.15) is 10.4 Å². The van der Waals surface area contributed by atoms with Gasteiger partial charge in [-0.25, -0.2) is 14.6 Å². The fourth-order valence-corrected chi connectivity index (χ4v) is 6.59. The molecule has 3 aromatic carbocycles. The van der Waals surface area contributed by atoms with Crippen molar-refractivity contribution in [3.63, 3.8) is 0 Å². The Kier molecular flexibility index (Phi) is 12.9. The number of nitrogens with two attached hydrogens (primary N) is 2. The number of halogens is 3. The molecule has 31 heteroatoms. The Morgan fingerprint density at radius 1 is 0.758 bits per heavy atom. The minimum absolute atomic E-state index is 0.0265. The zero-order valence-electron chi connectivity index (χ0n) is 30.1. The molecule has 320 valence electrons. The van der Waals surface area contributed by atoms with E-state index < -0.39 is 94.3 Å². The van der Waals surface area contributed by atoms with Crippen molar-refractivity contribution in [3.05, 3.63) is 96.7 Å². The quantitative estimate of drug-likeness (QED) is 0.00729. The number of hydrogen-bond donors (Lipinski definition) is 8. The van der Waals surface area contributed by atoms with E-state index >= 15 is 0 Å². The van der Waals surface area contributed by atoms with Crippen LogP contribution in [0.15, 0.2) is 108 Å². The van der Waals surface area contributed by atoms with Gasteiger partial charge in [0.05, 0.1) is 46.3 Å². The molecule has 0 fully saturated rings. The molecule has 0 aliphatic rings. The molecule has 0 spiro atoms. The minimum atomic E-state index is -5.20. The Hall–Kier alpha value is -7.39. The van der Waals surface area contributed by atoms with Gasteiger partial charge in [0.1, 0.15) is 38.4 Å². The van der Waals surface area contributed by atoms with Crippen LogP contribution in [0.25, 0.3) is 5.95 Å². The molecule has 3 aromatic heterocycles. The van der Waals surface area contributed by atoms with E-state index in [9.17, 15) is 49.0 Å². The molecule has 10 N–H and O–H groups in total. The van der Waals surface area contributed by atoms with Crippen molar-refractivity contribution in [2.24, 2.45) is 20.5 Å². The molecule has 6 rings (SSSR count). The third-order valence-corrected chi connectivity index (χ3v) is 9.99. The number of anilines is 6. The van der Waals surface area contributed by atoms with E-state index in [1.165, 1.54) is 36.5 Å². The predicted octanol–water partition coefficient (Wildman–Crippen LogP) is 5.46. The van der Waals surface area contributed by atoms with Gasteiger partial charge in [0.25, 0.3) is 20.2 Å². The van der Waals surface area contributed by atoms with Crippen LogP contribution >= 0.6 is 12.0 Å². The maximum Gasteiger partial charge on any atom is 0.445 e. The lowest BCUT2D eigenvalue weighted by molar-refractivity contribution is -0.604. The molecule has 62 heavy (non-hydrogen) atoms. The van der Waals surface area contributed by atoms with Crippen LogP contribution in [0.5, 0.6) is 0 Å². The van der Waals surface area contributed by atoms with Crippen molar-refractivity contribution in [3.8, 4) is 5.95 Å². The number of aromatic carboxylic acids is 1. The molecule has 0 saturated carbocycles. The van der Waals surface area contributed by atoms with Gasteiger partial charge >= 0.3 is 30.0 Å². The van der Waals surface area contributed by atoms with Crippen LogP contribution < -0.4 is 26.7 Å². The Bertz CT molecular complexity index is 3020. The van der Waals surface area contributed by atoms with Gasteiger partial charge in [-0.05, 0) is 64.6 Å². The molecule has 0 unspecified atom stereocenters. The van der Waals surface area contributed by atoms with Crippen molar-refractivity contribution in [2.75, 3.05) is 22.1 Å². The second kappa shape index (κ2) is 18.1. The van der Waals surface area contributed by atoms with Crippen LogP contribution in [0.4, 0.5) is 70.4 Å². The lowest BCUT2D eigenvalue weighted by Gasteiger charge is -2.11. The van der Waals surface area contributed by atoms with E-state index in [2.05, 4.69) is 65.4 Å². The first-order valence-corrected chi connectivity index (χ1v) is 19.7. The molecule has 3 heterocycles. The first-order valence-electron chi connectivity index (χ1n) is 16.1. The number of benzene rings is 3. The van der Waals surface area contributed by atoms with Gasteiger partial charge in [-0.1, -0.05) is 5.04 Å². The minimum Gasteiger partial charge on any atom is -0.478 e. The molecular formula is C31H22F3N14O11S3+. The summed E-state index contributed by atoms with van der Waals surface area (Å²) < 4.78 is 116. The highest BCUT2D eigenvalue weighted by atomic mass is 32.2. The van der Waals surface area contributed by atoms with E-state index in [4.69, 9.17) is 16.7 Å². The molecule has 6 aromatic rings. The zero-order valence-corrected chi connectivity index (χ0v) is 32.5. The number of nitrogen functional groups attached to an aromatic ring is 2. The van der Waals surface area contributed by atoms with Crippen molar-refractivity contribution in [1.82, 2.24) is 24.9 Å². The number of hydrogen-bond acceptors (Lipinski definition) is 22. The monoisotopic (exact) mass is 919 g/mol. The van der Waals surface area contributed by atoms with Gasteiger partial charge in [-0.3, -0.25) is 9.11 Å². The Morgan fingerprint density at radius 3 is 2.11 bits per heavy atom. The normalized spacial score (nSPS) is 12.0. The maximum atomic E-state index is 14.5. The summed E-state index contributed by atoms with van der Waals surface area (Å²) in [5.41, 5.74) is 8.61. The third-order valence-electron chi connectivity index (χ3n) is 7.54. The van der Waals surface area contributed by atoms with E-state index in [-0.39, 0.29) is 33.5 Å². The third kappa shape index (κ3) is 10.7. The lowest BCUT2D eigenvalue weighted by Crippen LogP contribution is -2.34. The van der Waals surface area contributed by atoms with Gasteiger partial charge in [-0.15, -0.1) is 34.2 Å². The maximum absolute atomic E-state index is 14.5. The van der Waals surface area contributed by atoms with Gasteiger partial charge in [0, 0.05) is 17.4 Å². The number of rotatable bonds is 15. The number of nitrogens with one attached hydrogen (secondary N) is 2. The molecule has 0 atom stereocenters. The predicted molar refractivity (Wildman–Crippen MR) is 204 cm³/mol. The highest BCUT2D eigenvalue weighted by molar-refractivity contribution is 7.94. The molecule has 0 bridgehead atoms. The average Bonchev–Trinajstić information content (AvgIpc) is 3.18. The zero-order chi connectivity index (χ0) is 44.9. The van der Waals surface area contributed by atoms with Crippen LogP contribution in [-0.4, -0.2) is 67.2 Å². The average molecular weight is 920 g/mol. The first kappa shape index (κ1) is 44.2. The molecule has 0 aliphatic carbocycles. The second-order valence-electron chi connectivity index (χ2n) is 11.6. The number of aromatic nitrogens is 6. The van der Waals surface area contributed by atoms with Gasteiger partial charge in [0.15, 0.2) is 0 Å². The van der Waals surface area contributed by atoms with Crippen LogP contribution in [0, 0.1) is 18.1 Å².